The molecule has 2 bridgehead atoms. The third kappa shape index (κ3) is 7.23. The van der Waals surface area contributed by atoms with E-state index in [-0.39, 0.29) is 46.1 Å². The second-order valence-electron chi connectivity index (χ2n) is 14.6. The minimum absolute atomic E-state index is 0.0236. The van der Waals surface area contributed by atoms with Crippen molar-refractivity contribution in [3.63, 3.8) is 0 Å². The molecule has 4 aliphatic rings. The molecular weight excluding hydrogens is 702 g/mol. The van der Waals surface area contributed by atoms with Crippen LogP contribution < -0.4 is 14.4 Å². The van der Waals surface area contributed by atoms with Crippen molar-refractivity contribution in [3.05, 3.63) is 69.9 Å². The highest BCUT2D eigenvalue weighted by Gasteiger charge is 2.44. The van der Waals surface area contributed by atoms with Crippen LogP contribution >= 0.6 is 11.6 Å². The van der Waals surface area contributed by atoms with Crippen LogP contribution in [0.2, 0.25) is 5.02 Å². The Morgan fingerprint density at radius 1 is 1.21 bits per heavy atom. The topological polar surface area (TPSA) is 125 Å². The van der Waals surface area contributed by atoms with Crippen LogP contribution in [0.3, 0.4) is 0 Å². The van der Waals surface area contributed by atoms with Crippen molar-refractivity contribution >= 4 is 44.4 Å². The maximum Gasteiger partial charge on any atom is 0.285 e. The molecule has 2 amide bonds. The number of benzene rings is 2. The quantitative estimate of drug-likeness (QED) is 0.178. The first-order valence-corrected chi connectivity index (χ1v) is 19.9. The molecule has 0 radical (unpaired) electrons. The zero-order valence-electron chi connectivity index (χ0n) is 30.0. The van der Waals surface area contributed by atoms with Crippen molar-refractivity contribution in [1.29, 1.82) is 0 Å². The van der Waals surface area contributed by atoms with Gasteiger partial charge >= 0.3 is 0 Å². The Kier molecular flexibility index (Phi) is 10.2. The summed E-state index contributed by atoms with van der Waals surface area (Å²) in [4.78, 5) is 33.5. The standard InChI is InChI=1S/C39H44ClN5O6S/c1-25-7-5-9-34(49-3)30-13-10-28(30)19-45-22-39(16-6-8-26-17-29(40)12-14-32(26)39)23-51-35-15-11-27(18-33(35)45)36(46)43-52(48,21-25)24-41-37(47)31-20-44(2)42-38(31)50-4/h11-12,14-15,17-18,20,24-25,28,30,34H,6-8,10,13,16,19,21-23H2,1-4H3/t25-,28-,30+,34+,39-,52?/m0/s1. The van der Waals surface area contributed by atoms with E-state index in [1.54, 1.807) is 20.2 Å². The number of aliphatic imine (C=N–C) groups is 1. The van der Waals surface area contributed by atoms with E-state index in [0.29, 0.717) is 31.2 Å². The Balaban J connectivity index is 1.30. The van der Waals surface area contributed by atoms with Gasteiger partial charge in [-0.05, 0) is 85.4 Å². The van der Waals surface area contributed by atoms with Gasteiger partial charge in [-0.3, -0.25) is 14.3 Å². The van der Waals surface area contributed by atoms with E-state index < -0.39 is 21.5 Å². The van der Waals surface area contributed by atoms with Crippen LogP contribution in [-0.4, -0.2) is 77.1 Å². The van der Waals surface area contributed by atoms with Gasteiger partial charge in [0, 0.05) is 67.5 Å². The highest BCUT2D eigenvalue weighted by Crippen LogP contribution is 2.47. The van der Waals surface area contributed by atoms with Crippen molar-refractivity contribution in [2.45, 2.75) is 57.0 Å². The minimum Gasteiger partial charge on any atom is -0.490 e. The van der Waals surface area contributed by atoms with E-state index in [0.717, 1.165) is 54.9 Å². The molecule has 2 aromatic carbocycles. The lowest BCUT2D eigenvalue weighted by Crippen LogP contribution is -2.49. The van der Waals surface area contributed by atoms with E-state index in [9.17, 15) is 13.8 Å². The molecule has 1 spiro atoms. The van der Waals surface area contributed by atoms with Gasteiger partial charge in [0.25, 0.3) is 11.8 Å². The number of rotatable bonds is 4. The number of carbonyl (C=O) groups excluding carboxylic acids is 2. The van der Waals surface area contributed by atoms with E-state index in [1.807, 2.05) is 25.1 Å². The van der Waals surface area contributed by atoms with Crippen molar-refractivity contribution in [2.24, 2.45) is 34.2 Å². The molecular formula is C39H44ClN5O6S. The van der Waals surface area contributed by atoms with Crippen LogP contribution in [0.25, 0.3) is 0 Å². The third-order valence-corrected chi connectivity index (χ3v) is 13.1. The van der Waals surface area contributed by atoms with Crippen molar-refractivity contribution in [2.75, 3.05) is 44.6 Å². The van der Waals surface area contributed by atoms with Gasteiger partial charge in [0.1, 0.15) is 23.0 Å². The molecule has 0 saturated heterocycles. The number of anilines is 1. The average molecular weight is 746 g/mol. The predicted octanol–water partition coefficient (Wildman–Crippen LogP) is 6.12. The lowest BCUT2D eigenvalue weighted by atomic mass is 9.68. The molecule has 7 rings (SSSR count). The van der Waals surface area contributed by atoms with Gasteiger partial charge in [-0.1, -0.05) is 30.5 Å². The van der Waals surface area contributed by atoms with Gasteiger partial charge in [-0.25, -0.2) is 9.20 Å². The van der Waals surface area contributed by atoms with Gasteiger partial charge in [0.15, 0.2) is 0 Å². The largest absolute Gasteiger partial charge is 0.490 e. The number of hydrogen-bond donors (Lipinski definition) is 0. The highest BCUT2D eigenvalue weighted by atomic mass is 35.5. The maximum atomic E-state index is 14.5. The van der Waals surface area contributed by atoms with Gasteiger partial charge in [0.05, 0.1) is 29.1 Å². The van der Waals surface area contributed by atoms with E-state index in [1.165, 1.54) is 29.1 Å². The number of amides is 2. The van der Waals surface area contributed by atoms with Crippen LogP contribution in [0, 0.1) is 29.6 Å². The molecule has 3 aromatic rings. The van der Waals surface area contributed by atoms with Crippen molar-refractivity contribution in [1.82, 2.24) is 9.78 Å². The summed E-state index contributed by atoms with van der Waals surface area (Å²) in [6.07, 6.45) is 6.62. The van der Waals surface area contributed by atoms with Crippen LogP contribution in [0.1, 0.15) is 70.9 Å². The second kappa shape index (κ2) is 14.7. The summed E-state index contributed by atoms with van der Waals surface area (Å²) in [5, 5.41) is 4.84. The second-order valence-corrected chi connectivity index (χ2v) is 17.1. The Morgan fingerprint density at radius 3 is 2.83 bits per heavy atom. The first-order valence-electron chi connectivity index (χ1n) is 17.8. The number of ether oxygens (including phenoxy) is 3. The lowest BCUT2D eigenvalue weighted by Gasteiger charge is -2.45. The normalized spacial score (nSPS) is 28.7. The highest BCUT2D eigenvalue weighted by molar-refractivity contribution is 8.06. The molecule has 13 heteroatoms. The van der Waals surface area contributed by atoms with Crippen LogP contribution in [0.4, 0.5) is 5.69 Å². The fourth-order valence-corrected chi connectivity index (χ4v) is 10.1. The zero-order valence-corrected chi connectivity index (χ0v) is 31.5. The van der Waals surface area contributed by atoms with E-state index >= 15 is 0 Å². The molecule has 52 heavy (non-hydrogen) atoms. The SMILES string of the molecule is COc1nn(C)cc1C(=O)N=CS1(=O)=NC(=O)c2ccc3c(c2)N(C[C@@H]2CC[C@H]2[C@H](OC)C#CC[C@H](C)C1)C[C@@]1(CCCc2cc(Cl)ccc21)CO3. The molecule has 3 heterocycles. The summed E-state index contributed by atoms with van der Waals surface area (Å²) in [5.74, 6) is 6.37. The van der Waals surface area contributed by atoms with Crippen molar-refractivity contribution < 1.29 is 28.0 Å². The van der Waals surface area contributed by atoms with E-state index in [4.69, 9.17) is 25.8 Å². The Morgan fingerprint density at radius 2 is 2.06 bits per heavy atom. The molecule has 1 aromatic heterocycles. The number of aryl methyl sites for hydroxylation is 2. The number of aromatic nitrogens is 2. The smallest absolute Gasteiger partial charge is 0.285 e. The number of fused-ring (bicyclic) bond motifs is 4. The van der Waals surface area contributed by atoms with Gasteiger partial charge in [0.2, 0.25) is 5.88 Å². The van der Waals surface area contributed by atoms with Crippen molar-refractivity contribution in [3.8, 4) is 23.5 Å². The number of hydrogen-bond acceptors (Lipinski definition) is 8. The molecule has 1 fully saturated rings. The van der Waals surface area contributed by atoms with Crippen LogP contribution in [0.5, 0.6) is 11.6 Å². The summed E-state index contributed by atoms with van der Waals surface area (Å²) in [6, 6.07) is 11.5. The van der Waals surface area contributed by atoms with Gasteiger partial charge in [-0.2, -0.15) is 4.36 Å². The fraction of sp³-hybridized carbons (Fsp3) is 0.487. The number of methoxy groups -OCH3 is 2. The Labute approximate surface area is 310 Å². The van der Waals surface area contributed by atoms with Gasteiger partial charge in [-0.15, -0.1) is 11.0 Å². The molecule has 1 saturated carbocycles. The first kappa shape index (κ1) is 36.2. The maximum absolute atomic E-state index is 14.5. The Bertz CT molecular complexity index is 2110. The molecule has 2 aliphatic heterocycles. The molecule has 0 N–H and O–H groups in total. The number of nitrogens with zero attached hydrogens (tertiary/aromatic N) is 5. The third-order valence-electron chi connectivity index (χ3n) is 10.9. The lowest BCUT2D eigenvalue weighted by molar-refractivity contribution is 0.0190. The first-order chi connectivity index (χ1) is 25.0. The molecule has 274 valence electrons. The van der Waals surface area contributed by atoms with Gasteiger partial charge < -0.3 is 19.1 Å². The van der Waals surface area contributed by atoms with E-state index in [2.05, 4.69) is 43.3 Å². The summed E-state index contributed by atoms with van der Waals surface area (Å²) < 4.78 is 38.0. The zero-order chi connectivity index (χ0) is 36.6. The fourth-order valence-electron chi connectivity index (χ4n) is 8.15. The molecule has 1 unspecified atom stereocenters. The van der Waals surface area contributed by atoms with Crippen LogP contribution in [-0.2, 0) is 33.3 Å². The molecule has 11 nitrogen and oxygen atoms in total. The Hall–Kier alpha value is -4.18. The van der Waals surface area contributed by atoms with Crippen LogP contribution in [0.15, 0.2) is 52.0 Å². The summed E-state index contributed by atoms with van der Waals surface area (Å²) in [6.45, 7) is 3.82. The number of halogens is 1. The monoisotopic (exact) mass is 745 g/mol. The molecule has 2 aliphatic carbocycles. The predicted molar refractivity (Wildman–Crippen MR) is 201 cm³/mol. The summed E-state index contributed by atoms with van der Waals surface area (Å²) >= 11 is 6.45. The summed E-state index contributed by atoms with van der Waals surface area (Å²) in [7, 11) is 1.29. The number of carbonyl (C=O) groups is 2. The average Bonchev–Trinajstić information content (AvgIpc) is 3.43. The summed E-state index contributed by atoms with van der Waals surface area (Å²) in [5.41, 5.74) is 4.42. The minimum atomic E-state index is -3.47. The molecule has 6 atom stereocenters.